The third kappa shape index (κ3) is 3.95. The maximum atomic E-state index is 12.1. The first-order valence-corrected chi connectivity index (χ1v) is 7.68. The summed E-state index contributed by atoms with van der Waals surface area (Å²) >= 11 is 0. The summed E-state index contributed by atoms with van der Waals surface area (Å²) in [7, 11) is 0. The average Bonchev–Trinajstić information content (AvgIpc) is 2.63. The number of rotatable bonds is 4. The SMILES string of the molecule is Cc1ccc(NC(=O)NCc2cccnc2-c2cccnc2)cc1. The lowest BCUT2D eigenvalue weighted by molar-refractivity contribution is 0.252. The third-order valence-electron chi connectivity index (χ3n) is 3.58. The summed E-state index contributed by atoms with van der Waals surface area (Å²) in [5, 5.41) is 5.68. The van der Waals surface area contributed by atoms with Gasteiger partial charge in [-0.25, -0.2) is 4.79 Å². The van der Waals surface area contributed by atoms with E-state index in [0.717, 1.165) is 28.1 Å². The summed E-state index contributed by atoms with van der Waals surface area (Å²) < 4.78 is 0. The monoisotopic (exact) mass is 318 g/mol. The predicted molar refractivity (Wildman–Crippen MR) is 94.5 cm³/mol. The van der Waals surface area contributed by atoms with Crippen molar-refractivity contribution in [2.45, 2.75) is 13.5 Å². The molecule has 5 nitrogen and oxygen atoms in total. The topological polar surface area (TPSA) is 66.9 Å². The van der Waals surface area contributed by atoms with Crippen LogP contribution in [0.4, 0.5) is 10.5 Å². The highest BCUT2D eigenvalue weighted by atomic mass is 16.2. The van der Waals surface area contributed by atoms with Crippen LogP contribution in [0, 0.1) is 6.92 Å². The van der Waals surface area contributed by atoms with Crippen LogP contribution >= 0.6 is 0 Å². The van der Waals surface area contributed by atoms with E-state index in [0.29, 0.717) is 6.54 Å². The number of benzene rings is 1. The number of nitrogens with one attached hydrogen (secondary N) is 2. The fourth-order valence-corrected chi connectivity index (χ4v) is 2.33. The Labute approximate surface area is 140 Å². The van der Waals surface area contributed by atoms with Crippen LogP contribution in [0.1, 0.15) is 11.1 Å². The summed E-state index contributed by atoms with van der Waals surface area (Å²) in [6, 6.07) is 15.0. The van der Waals surface area contributed by atoms with Crippen molar-refractivity contribution in [3.8, 4) is 11.3 Å². The highest BCUT2D eigenvalue weighted by Crippen LogP contribution is 2.19. The van der Waals surface area contributed by atoms with Gasteiger partial charge in [0.05, 0.1) is 5.69 Å². The van der Waals surface area contributed by atoms with E-state index >= 15 is 0 Å². The minimum absolute atomic E-state index is 0.250. The minimum atomic E-state index is -0.250. The number of anilines is 1. The van der Waals surface area contributed by atoms with Crippen LogP contribution in [0.5, 0.6) is 0 Å². The highest BCUT2D eigenvalue weighted by Gasteiger charge is 2.08. The van der Waals surface area contributed by atoms with E-state index in [1.807, 2.05) is 55.5 Å². The van der Waals surface area contributed by atoms with E-state index < -0.39 is 0 Å². The highest BCUT2D eigenvalue weighted by molar-refractivity contribution is 5.89. The molecule has 3 rings (SSSR count). The van der Waals surface area contributed by atoms with Gasteiger partial charge in [-0.1, -0.05) is 23.8 Å². The van der Waals surface area contributed by atoms with Gasteiger partial charge in [-0.2, -0.15) is 0 Å². The lowest BCUT2D eigenvalue weighted by atomic mass is 10.1. The molecule has 2 N–H and O–H groups in total. The number of aromatic nitrogens is 2. The zero-order chi connectivity index (χ0) is 16.8. The van der Waals surface area contributed by atoms with E-state index in [4.69, 9.17) is 0 Å². The molecule has 24 heavy (non-hydrogen) atoms. The number of nitrogens with zero attached hydrogens (tertiary/aromatic N) is 2. The molecule has 0 aliphatic rings. The molecule has 0 saturated carbocycles. The van der Waals surface area contributed by atoms with Crippen molar-refractivity contribution in [2.24, 2.45) is 0 Å². The zero-order valence-corrected chi connectivity index (χ0v) is 13.4. The molecule has 120 valence electrons. The average molecular weight is 318 g/mol. The van der Waals surface area contributed by atoms with Crippen molar-refractivity contribution in [3.05, 3.63) is 78.2 Å². The van der Waals surface area contributed by atoms with Gasteiger partial charge in [-0.3, -0.25) is 9.97 Å². The van der Waals surface area contributed by atoms with Crippen molar-refractivity contribution >= 4 is 11.7 Å². The van der Waals surface area contributed by atoms with Gasteiger partial charge in [-0.05, 0) is 42.8 Å². The number of aryl methyl sites for hydroxylation is 1. The molecule has 0 unspecified atom stereocenters. The van der Waals surface area contributed by atoms with Crippen LogP contribution in [-0.4, -0.2) is 16.0 Å². The summed E-state index contributed by atoms with van der Waals surface area (Å²) in [5.41, 5.74) is 4.59. The summed E-state index contributed by atoms with van der Waals surface area (Å²) in [4.78, 5) is 20.6. The molecule has 3 aromatic rings. The largest absolute Gasteiger partial charge is 0.334 e. The molecule has 2 amide bonds. The van der Waals surface area contributed by atoms with Gasteiger partial charge in [0.2, 0.25) is 0 Å². The normalized spacial score (nSPS) is 10.2. The van der Waals surface area contributed by atoms with Gasteiger partial charge in [0.15, 0.2) is 0 Å². The number of pyridine rings is 2. The first-order chi connectivity index (χ1) is 11.7. The molecule has 5 heteroatoms. The Morgan fingerprint density at radius 1 is 1.04 bits per heavy atom. The Bertz CT molecular complexity index is 816. The van der Waals surface area contributed by atoms with Crippen LogP contribution in [0.3, 0.4) is 0 Å². The Kier molecular flexibility index (Phi) is 4.81. The van der Waals surface area contributed by atoms with Crippen molar-refractivity contribution in [2.75, 3.05) is 5.32 Å². The molecule has 2 heterocycles. The summed E-state index contributed by atoms with van der Waals surface area (Å²) in [5.74, 6) is 0. The van der Waals surface area contributed by atoms with Gasteiger partial charge >= 0.3 is 6.03 Å². The number of carbonyl (C=O) groups is 1. The summed E-state index contributed by atoms with van der Waals surface area (Å²) in [6.45, 7) is 2.39. The second-order valence-electron chi connectivity index (χ2n) is 5.43. The fourth-order valence-electron chi connectivity index (χ4n) is 2.33. The lowest BCUT2D eigenvalue weighted by Gasteiger charge is -2.11. The van der Waals surface area contributed by atoms with Crippen molar-refractivity contribution < 1.29 is 4.79 Å². The Balaban J connectivity index is 1.66. The van der Waals surface area contributed by atoms with Crippen LogP contribution in [0.2, 0.25) is 0 Å². The maximum absolute atomic E-state index is 12.1. The molecular formula is C19H18N4O. The van der Waals surface area contributed by atoms with Crippen LogP contribution in [0.15, 0.2) is 67.1 Å². The van der Waals surface area contributed by atoms with E-state index in [9.17, 15) is 4.79 Å². The van der Waals surface area contributed by atoms with Crippen molar-refractivity contribution in [1.82, 2.24) is 15.3 Å². The molecule has 0 aliphatic heterocycles. The number of hydrogen-bond acceptors (Lipinski definition) is 3. The van der Waals surface area contributed by atoms with Gasteiger partial charge in [0, 0.05) is 36.4 Å². The van der Waals surface area contributed by atoms with E-state index in [-0.39, 0.29) is 6.03 Å². The smallest absolute Gasteiger partial charge is 0.319 e. The van der Waals surface area contributed by atoms with Crippen LogP contribution < -0.4 is 10.6 Å². The fraction of sp³-hybridized carbons (Fsp3) is 0.105. The molecule has 0 bridgehead atoms. The van der Waals surface area contributed by atoms with E-state index in [1.54, 1.807) is 18.6 Å². The lowest BCUT2D eigenvalue weighted by Crippen LogP contribution is -2.28. The summed E-state index contributed by atoms with van der Waals surface area (Å²) in [6.07, 6.45) is 5.22. The number of urea groups is 1. The quantitative estimate of drug-likeness (QED) is 0.769. The second kappa shape index (κ2) is 7.37. The Hall–Kier alpha value is -3.21. The zero-order valence-electron chi connectivity index (χ0n) is 13.4. The molecule has 0 aliphatic carbocycles. The van der Waals surface area contributed by atoms with Gasteiger partial charge < -0.3 is 10.6 Å². The maximum Gasteiger partial charge on any atom is 0.319 e. The second-order valence-corrected chi connectivity index (χ2v) is 5.43. The van der Waals surface area contributed by atoms with Gasteiger partial charge in [0.1, 0.15) is 0 Å². The molecule has 0 atom stereocenters. The Morgan fingerprint density at radius 3 is 2.58 bits per heavy atom. The first-order valence-electron chi connectivity index (χ1n) is 7.68. The molecule has 0 fully saturated rings. The first kappa shape index (κ1) is 15.7. The third-order valence-corrected chi connectivity index (χ3v) is 3.58. The molecule has 1 aromatic carbocycles. The minimum Gasteiger partial charge on any atom is -0.334 e. The van der Waals surface area contributed by atoms with E-state index in [2.05, 4.69) is 20.6 Å². The van der Waals surface area contributed by atoms with Gasteiger partial charge in [-0.15, -0.1) is 0 Å². The molecule has 2 aromatic heterocycles. The van der Waals surface area contributed by atoms with Crippen LogP contribution in [-0.2, 0) is 6.54 Å². The molecule has 0 spiro atoms. The Morgan fingerprint density at radius 2 is 1.83 bits per heavy atom. The number of carbonyl (C=O) groups excluding carboxylic acids is 1. The van der Waals surface area contributed by atoms with Crippen molar-refractivity contribution in [3.63, 3.8) is 0 Å². The molecule has 0 saturated heterocycles. The van der Waals surface area contributed by atoms with E-state index in [1.165, 1.54) is 0 Å². The van der Waals surface area contributed by atoms with Crippen LogP contribution in [0.25, 0.3) is 11.3 Å². The van der Waals surface area contributed by atoms with Crippen molar-refractivity contribution in [1.29, 1.82) is 0 Å². The standard InChI is InChI=1S/C19H18N4O/c1-14-6-8-17(9-7-14)23-19(24)22-13-16-5-3-11-21-18(16)15-4-2-10-20-12-15/h2-12H,13H2,1H3,(H2,22,23,24). The molecular weight excluding hydrogens is 300 g/mol. The molecule has 0 radical (unpaired) electrons. The predicted octanol–water partition coefficient (Wildman–Crippen LogP) is 3.77. The van der Waals surface area contributed by atoms with Gasteiger partial charge in [0.25, 0.3) is 0 Å². The number of hydrogen-bond donors (Lipinski definition) is 2. The number of amides is 2.